The van der Waals surface area contributed by atoms with E-state index in [1.54, 1.807) is 0 Å². The van der Waals surface area contributed by atoms with Gasteiger partial charge in [-0.25, -0.2) is 4.98 Å². The largest absolute Gasteiger partial charge is 0.368 e. The normalized spacial score (nSPS) is 18.4. The molecule has 2 heterocycles. The first-order valence-electron chi connectivity index (χ1n) is 9.86. The Morgan fingerprint density at radius 3 is 2.46 bits per heavy atom. The maximum absolute atomic E-state index is 4.77. The number of aryl methyl sites for hydroxylation is 1. The molecule has 0 atom stereocenters. The average Bonchev–Trinajstić information content (AvgIpc) is 3.17. The molecule has 1 saturated carbocycles. The van der Waals surface area contributed by atoms with Crippen LogP contribution in [0.1, 0.15) is 36.8 Å². The van der Waals surface area contributed by atoms with Gasteiger partial charge in [0.2, 0.25) is 5.95 Å². The van der Waals surface area contributed by atoms with Gasteiger partial charge in [0.15, 0.2) is 0 Å². The van der Waals surface area contributed by atoms with Crippen LogP contribution in [0.3, 0.4) is 0 Å². The monoisotopic (exact) mass is 351 g/mol. The van der Waals surface area contributed by atoms with Gasteiger partial charge in [0.05, 0.1) is 0 Å². The van der Waals surface area contributed by atoms with Crippen molar-refractivity contribution in [1.29, 1.82) is 0 Å². The maximum Gasteiger partial charge on any atom is 0.227 e. The highest BCUT2D eigenvalue weighted by Gasteiger charge is 2.21. The van der Waals surface area contributed by atoms with Gasteiger partial charge in [-0.05, 0) is 49.9 Å². The molecule has 26 heavy (non-hydrogen) atoms. The highest BCUT2D eigenvalue weighted by molar-refractivity contribution is 5.57. The molecule has 2 fully saturated rings. The van der Waals surface area contributed by atoms with Crippen LogP contribution in [0.5, 0.6) is 0 Å². The molecule has 2 aromatic rings. The van der Waals surface area contributed by atoms with Crippen LogP contribution in [0.25, 0.3) is 0 Å². The molecule has 0 radical (unpaired) electrons. The topological polar surface area (TPSA) is 44.3 Å². The van der Waals surface area contributed by atoms with E-state index in [0.29, 0.717) is 6.04 Å². The van der Waals surface area contributed by atoms with Crippen LogP contribution in [-0.4, -0.2) is 42.2 Å². The van der Waals surface area contributed by atoms with E-state index < -0.39 is 0 Å². The van der Waals surface area contributed by atoms with E-state index in [1.807, 2.05) is 12.3 Å². The third-order valence-electron chi connectivity index (χ3n) is 5.83. The van der Waals surface area contributed by atoms with Crippen molar-refractivity contribution in [3.05, 3.63) is 41.6 Å². The number of nitrogens with zero attached hydrogens (tertiary/aromatic N) is 4. The molecule has 1 aromatic heterocycles. The van der Waals surface area contributed by atoms with E-state index in [1.165, 1.54) is 42.5 Å². The number of anilines is 3. The van der Waals surface area contributed by atoms with Gasteiger partial charge in [-0.1, -0.05) is 25.0 Å². The van der Waals surface area contributed by atoms with E-state index >= 15 is 0 Å². The smallest absolute Gasteiger partial charge is 0.227 e. The number of piperazine rings is 1. The maximum atomic E-state index is 4.77. The summed E-state index contributed by atoms with van der Waals surface area (Å²) in [5, 5.41) is 3.58. The Labute approximate surface area is 156 Å². The lowest BCUT2D eigenvalue weighted by molar-refractivity contribution is 0.638. The molecule has 0 amide bonds. The van der Waals surface area contributed by atoms with Crippen molar-refractivity contribution in [2.24, 2.45) is 0 Å². The number of hydrogen-bond acceptors (Lipinski definition) is 5. The van der Waals surface area contributed by atoms with Crippen molar-refractivity contribution in [3.63, 3.8) is 0 Å². The molecule has 0 unspecified atom stereocenters. The number of rotatable bonds is 4. The van der Waals surface area contributed by atoms with Crippen molar-refractivity contribution in [3.8, 4) is 0 Å². The van der Waals surface area contributed by atoms with Crippen molar-refractivity contribution >= 4 is 17.5 Å². The molecule has 2 aliphatic rings. The summed E-state index contributed by atoms with van der Waals surface area (Å²) in [5.74, 6) is 1.83. The van der Waals surface area contributed by atoms with Crippen LogP contribution in [0.2, 0.25) is 0 Å². The predicted octanol–water partition coefficient (Wildman–Crippen LogP) is 3.77. The summed E-state index contributed by atoms with van der Waals surface area (Å²) in [5.41, 5.74) is 4.11. The fourth-order valence-corrected chi connectivity index (χ4v) is 4.09. The van der Waals surface area contributed by atoms with Gasteiger partial charge in [-0.15, -0.1) is 0 Å². The summed E-state index contributed by atoms with van der Waals surface area (Å²) in [7, 11) is 0. The van der Waals surface area contributed by atoms with Gasteiger partial charge >= 0.3 is 0 Å². The quantitative estimate of drug-likeness (QED) is 0.908. The summed E-state index contributed by atoms with van der Waals surface area (Å²) in [6, 6.07) is 9.16. The number of benzene rings is 1. The minimum absolute atomic E-state index is 0.582. The molecule has 4 rings (SSSR count). The molecule has 0 spiro atoms. The van der Waals surface area contributed by atoms with Crippen molar-refractivity contribution < 1.29 is 0 Å². The fraction of sp³-hybridized carbons (Fsp3) is 0.524. The second-order valence-corrected chi connectivity index (χ2v) is 7.56. The van der Waals surface area contributed by atoms with E-state index in [9.17, 15) is 0 Å². The molecular weight excluding hydrogens is 322 g/mol. The van der Waals surface area contributed by atoms with Crippen LogP contribution >= 0.6 is 0 Å². The van der Waals surface area contributed by atoms with Gasteiger partial charge in [0.1, 0.15) is 5.82 Å². The summed E-state index contributed by atoms with van der Waals surface area (Å²) >= 11 is 0. The van der Waals surface area contributed by atoms with E-state index in [2.05, 4.69) is 52.1 Å². The Kier molecular flexibility index (Phi) is 4.96. The second-order valence-electron chi connectivity index (χ2n) is 7.56. The summed E-state index contributed by atoms with van der Waals surface area (Å²) in [4.78, 5) is 14.1. The Morgan fingerprint density at radius 2 is 1.69 bits per heavy atom. The van der Waals surface area contributed by atoms with Gasteiger partial charge in [-0.3, -0.25) is 0 Å². The molecule has 138 valence electrons. The van der Waals surface area contributed by atoms with Crippen LogP contribution in [0.4, 0.5) is 17.5 Å². The molecule has 5 heteroatoms. The molecule has 5 nitrogen and oxygen atoms in total. The molecule has 1 N–H and O–H groups in total. The fourth-order valence-electron chi connectivity index (χ4n) is 4.09. The van der Waals surface area contributed by atoms with Gasteiger partial charge in [0.25, 0.3) is 0 Å². The standard InChI is InChI=1S/C21H29N5/c1-16-6-5-9-19(17(16)2)25-12-14-26(15-13-25)21-22-11-10-20(24-21)23-18-7-3-4-8-18/h5-6,9-11,18H,3-4,7-8,12-15H2,1-2H3,(H,22,23,24). The SMILES string of the molecule is Cc1cccc(N2CCN(c3nccc(NC4CCCC4)n3)CC2)c1C. The van der Waals surface area contributed by atoms with Crippen molar-refractivity contribution in [2.45, 2.75) is 45.6 Å². The van der Waals surface area contributed by atoms with Gasteiger partial charge in [0, 0.05) is 44.1 Å². The zero-order valence-electron chi connectivity index (χ0n) is 15.9. The lowest BCUT2D eigenvalue weighted by Gasteiger charge is -2.37. The predicted molar refractivity (Wildman–Crippen MR) is 108 cm³/mol. The Bertz CT molecular complexity index is 746. The summed E-state index contributed by atoms with van der Waals surface area (Å²) in [6.07, 6.45) is 7.06. The van der Waals surface area contributed by atoms with Crippen LogP contribution < -0.4 is 15.1 Å². The number of aromatic nitrogens is 2. The first-order valence-corrected chi connectivity index (χ1v) is 9.86. The zero-order chi connectivity index (χ0) is 17.9. The Balaban J connectivity index is 1.40. The highest BCUT2D eigenvalue weighted by atomic mass is 15.3. The Morgan fingerprint density at radius 1 is 0.962 bits per heavy atom. The van der Waals surface area contributed by atoms with Crippen LogP contribution in [0.15, 0.2) is 30.5 Å². The summed E-state index contributed by atoms with van der Waals surface area (Å²) < 4.78 is 0. The third kappa shape index (κ3) is 3.62. The minimum Gasteiger partial charge on any atom is -0.368 e. The zero-order valence-corrected chi connectivity index (χ0v) is 15.9. The van der Waals surface area contributed by atoms with Gasteiger partial charge < -0.3 is 15.1 Å². The molecule has 1 aliphatic carbocycles. The van der Waals surface area contributed by atoms with E-state index in [4.69, 9.17) is 4.98 Å². The molecule has 1 aliphatic heterocycles. The minimum atomic E-state index is 0.582. The lowest BCUT2D eigenvalue weighted by Crippen LogP contribution is -2.47. The van der Waals surface area contributed by atoms with Crippen molar-refractivity contribution in [2.75, 3.05) is 41.3 Å². The van der Waals surface area contributed by atoms with E-state index in [0.717, 1.165) is 37.9 Å². The molecule has 1 aromatic carbocycles. The second kappa shape index (κ2) is 7.52. The number of hydrogen-bond donors (Lipinski definition) is 1. The highest BCUT2D eigenvalue weighted by Crippen LogP contribution is 2.25. The molecule has 1 saturated heterocycles. The molecule has 0 bridgehead atoms. The summed E-state index contributed by atoms with van der Waals surface area (Å²) in [6.45, 7) is 8.34. The first-order chi connectivity index (χ1) is 12.7. The van der Waals surface area contributed by atoms with E-state index in [-0.39, 0.29) is 0 Å². The van der Waals surface area contributed by atoms with Crippen LogP contribution in [-0.2, 0) is 0 Å². The third-order valence-corrected chi connectivity index (χ3v) is 5.83. The lowest BCUT2D eigenvalue weighted by atomic mass is 10.1. The van der Waals surface area contributed by atoms with Gasteiger partial charge in [-0.2, -0.15) is 4.98 Å². The first kappa shape index (κ1) is 17.1. The number of nitrogens with one attached hydrogen (secondary N) is 1. The van der Waals surface area contributed by atoms with Crippen molar-refractivity contribution in [1.82, 2.24) is 9.97 Å². The average molecular weight is 351 g/mol. The van der Waals surface area contributed by atoms with Crippen LogP contribution in [0, 0.1) is 13.8 Å². The molecular formula is C21H29N5. The Hall–Kier alpha value is -2.30.